The Balaban J connectivity index is 4.50. The van der Waals surface area contributed by atoms with Crippen molar-refractivity contribution in [3.63, 3.8) is 0 Å². The Morgan fingerprint density at radius 3 is 1.96 bits per heavy atom. The third-order valence-corrected chi connectivity index (χ3v) is 6.71. The van der Waals surface area contributed by atoms with Crippen molar-refractivity contribution in [1.82, 2.24) is 5.48 Å². The van der Waals surface area contributed by atoms with E-state index in [1.54, 1.807) is 0 Å². The largest absolute Gasteiger partial charge is 0.500 e. The first-order chi connectivity index (χ1) is 11.5. The van der Waals surface area contributed by atoms with Crippen LogP contribution in [0.3, 0.4) is 0 Å². The Morgan fingerprint density at radius 1 is 0.958 bits per heavy atom. The van der Waals surface area contributed by atoms with Gasteiger partial charge in [0.15, 0.2) is 0 Å². The van der Waals surface area contributed by atoms with Gasteiger partial charge in [0.1, 0.15) is 0 Å². The highest BCUT2D eigenvalue weighted by molar-refractivity contribution is 6.60. The molecule has 0 saturated carbocycles. The van der Waals surface area contributed by atoms with Gasteiger partial charge in [0.25, 0.3) is 0 Å². The van der Waals surface area contributed by atoms with Gasteiger partial charge >= 0.3 is 14.8 Å². The minimum absolute atomic E-state index is 0.0550. The first kappa shape index (κ1) is 23.3. The van der Waals surface area contributed by atoms with Crippen LogP contribution in [0.5, 0.6) is 0 Å². The first-order valence-corrected chi connectivity index (χ1v) is 11.1. The number of carbonyl (C=O) groups is 1. The maximum Gasteiger partial charge on any atom is 0.500 e. The molecule has 0 aromatic heterocycles. The van der Waals surface area contributed by atoms with E-state index in [2.05, 4.69) is 12.4 Å². The molecule has 1 atom stereocenters. The van der Waals surface area contributed by atoms with Gasteiger partial charge in [-0.25, -0.2) is 10.3 Å². The van der Waals surface area contributed by atoms with E-state index in [-0.39, 0.29) is 6.10 Å². The fourth-order valence-corrected chi connectivity index (χ4v) is 5.21. The minimum Gasteiger partial charge on any atom is -0.374 e. The summed E-state index contributed by atoms with van der Waals surface area (Å²) in [6, 6.07) is 0.0735. The predicted molar refractivity (Wildman–Crippen MR) is 96.4 cm³/mol. The van der Waals surface area contributed by atoms with Crippen molar-refractivity contribution < 1.29 is 22.9 Å². The number of hydroxylamine groups is 1. The van der Waals surface area contributed by atoms with Crippen LogP contribution in [0.15, 0.2) is 0 Å². The van der Waals surface area contributed by atoms with E-state index in [0.29, 0.717) is 19.8 Å². The standard InChI is InChI=1S/C16H36N2O5Si/c1-5-9-10-12-15(23-18-16(17)19)13-11-14-24(20-6-2,21-7-3)22-8-4/h15H,5-14H2,1-4H3,(H3,17,18,19). The molecule has 0 aromatic carbocycles. The van der Waals surface area contributed by atoms with Gasteiger partial charge in [0, 0.05) is 25.9 Å². The summed E-state index contributed by atoms with van der Waals surface area (Å²) in [7, 11) is -2.61. The molecule has 0 bridgehead atoms. The van der Waals surface area contributed by atoms with Gasteiger partial charge in [-0.05, 0) is 40.0 Å². The average molecular weight is 365 g/mol. The number of unbranched alkanes of at least 4 members (excludes halogenated alkanes) is 2. The lowest BCUT2D eigenvalue weighted by molar-refractivity contribution is -0.0134. The van der Waals surface area contributed by atoms with Crippen molar-refractivity contribution >= 4 is 14.8 Å². The number of carbonyl (C=O) groups excluding carboxylic acids is 1. The van der Waals surface area contributed by atoms with Gasteiger partial charge in [-0.2, -0.15) is 0 Å². The van der Waals surface area contributed by atoms with Crippen LogP contribution < -0.4 is 11.2 Å². The van der Waals surface area contributed by atoms with Gasteiger partial charge in [0.2, 0.25) is 0 Å². The summed E-state index contributed by atoms with van der Waals surface area (Å²) in [6.07, 6.45) is 5.83. The Hall–Kier alpha value is -0.673. The molecule has 144 valence electrons. The lowest BCUT2D eigenvalue weighted by atomic mass is 10.1. The van der Waals surface area contributed by atoms with Gasteiger partial charge in [-0.15, -0.1) is 0 Å². The fourth-order valence-electron chi connectivity index (χ4n) is 2.57. The summed E-state index contributed by atoms with van der Waals surface area (Å²) in [6.45, 7) is 9.74. The highest BCUT2D eigenvalue weighted by Crippen LogP contribution is 2.21. The van der Waals surface area contributed by atoms with Gasteiger partial charge < -0.3 is 19.0 Å². The molecule has 7 nitrogen and oxygen atoms in total. The zero-order chi connectivity index (χ0) is 18.3. The molecule has 2 amide bonds. The lowest BCUT2D eigenvalue weighted by Crippen LogP contribution is -2.46. The second-order valence-electron chi connectivity index (χ2n) is 5.58. The number of amides is 2. The smallest absolute Gasteiger partial charge is 0.374 e. The van der Waals surface area contributed by atoms with Crippen molar-refractivity contribution in [2.24, 2.45) is 5.73 Å². The molecular formula is C16H36N2O5Si. The Kier molecular flexibility index (Phi) is 14.2. The van der Waals surface area contributed by atoms with Crippen LogP contribution in [0.1, 0.15) is 66.2 Å². The van der Waals surface area contributed by atoms with E-state index in [0.717, 1.165) is 44.6 Å². The zero-order valence-corrected chi connectivity index (χ0v) is 16.8. The highest BCUT2D eigenvalue weighted by Gasteiger charge is 2.39. The van der Waals surface area contributed by atoms with Crippen molar-refractivity contribution in [3.05, 3.63) is 0 Å². The van der Waals surface area contributed by atoms with Crippen molar-refractivity contribution in [2.45, 2.75) is 78.4 Å². The number of nitrogens with one attached hydrogen (secondary N) is 1. The molecule has 0 rings (SSSR count). The molecule has 1 unspecified atom stereocenters. The van der Waals surface area contributed by atoms with E-state index < -0.39 is 14.8 Å². The molecule has 0 aromatic rings. The van der Waals surface area contributed by atoms with E-state index in [9.17, 15) is 4.79 Å². The van der Waals surface area contributed by atoms with Crippen molar-refractivity contribution in [2.75, 3.05) is 19.8 Å². The second-order valence-corrected chi connectivity index (χ2v) is 8.31. The molecule has 0 aliphatic heterocycles. The molecule has 0 aliphatic rings. The van der Waals surface area contributed by atoms with Crippen molar-refractivity contribution in [1.29, 1.82) is 0 Å². The summed E-state index contributed by atoms with van der Waals surface area (Å²) < 4.78 is 17.6. The highest BCUT2D eigenvalue weighted by atomic mass is 28.4. The van der Waals surface area contributed by atoms with Crippen LogP contribution in [0, 0.1) is 0 Å². The van der Waals surface area contributed by atoms with E-state index >= 15 is 0 Å². The summed E-state index contributed by atoms with van der Waals surface area (Å²) in [5, 5.41) is 0. The van der Waals surface area contributed by atoms with E-state index in [1.165, 1.54) is 0 Å². The van der Waals surface area contributed by atoms with Crippen LogP contribution in [0.2, 0.25) is 6.04 Å². The number of urea groups is 1. The molecule has 3 N–H and O–H groups in total. The van der Waals surface area contributed by atoms with Crippen molar-refractivity contribution in [3.8, 4) is 0 Å². The summed E-state index contributed by atoms with van der Waals surface area (Å²) in [4.78, 5) is 16.3. The lowest BCUT2D eigenvalue weighted by Gasteiger charge is -2.29. The number of hydrogen-bond acceptors (Lipinski definition) is 5. The second kappa shape index (κ2) is 14.7. The third kappa shape index (κ3) is 11.0. The first-order valence-electron chi connectivity index (χ1n) is 9.16. The molecule has 0 saturated heterocycles. The molecule has 0 fully saturated rings. The fraction of sp³-hybridized carbons (Fsp3) is 0.938. The Bertz CT molecular complexity index is 304. The normalized spacial score (nSPS) is 13.0. The average Bonchev–Trinajstić information content (AvgIpc) is 2.53. The van der Waals surface area contributed by atoms with Crippen LogP contribution in [-0.4, -0.2) is 40.8 Å². The SMILES string of the molecule is CCCCCC(CCC[Si](OCC)(OCC)OCC)ONC(N)=O. The zero-order valence-electron chi connectivity index (χ0n) is 15.8. The third-order valence-electron chi connectivity index (χ3n) is 3.56. The number of nitrogens with two attached hydrogens (primary N) is 1. The monoisotopic (exact) mass is 364 g/mol. The quantitative estimate of drug-likeness (QED) is 0.249. The maximum atomic E-state index is 10.9. The molecule has 0 aliphatic carbocycles. The van der Waals surface area contributed by atoms with Crippen LogP contribution in [0.25, 0.3) is 0 Å². The summed E-state index contributed by atoms with van der Waals surface area (Å²) in [5.41, 5.74) is 7.34. The predicted octanol–water partition coefficient (Wildman–Crippen LogP) is 3.36. The van der Waals surface area contributed by atoms with E-state index in [4.69, 9.17) is 23.8 Å². The van der Waals surface area contributed by atoms with Gasteiger partial charge in [-0.1, -0.05) is 26.2 Å². The Labute approximate surface area is 147 Å². The number of hydrogen-bond donors (Lipinski definition) is 2. The molecular weight excluding hydrogens is 328 g/mol. The van der Waals surface area contributed by atoms with E-state index in [1.807, 2.05) is 20.8 Å². The molecule has 24 heavy (non-hydrogen) atoms. The van der Waals surface area contributed by atoms with Crippen LogP contribution in [-0.2, 0) is 18.1 Å². The van der Waals surface area contributed by atoms with Gasteiger partial charge in [-0.3, -0.25) is 4.84 Å². The van der Waals surface area contributed by atoms with Crippen LogP contribution in [0.4, 0.5) is 4.79 Å². The molecule has 0 radical (unpaired) electrons. The summed E-state index contributed by atoms with van der Waals surface area (Å²) in [5.74, 6) is 0. The molecule has 8 heteroatoms. The Morgan fingerprint density at radius 2 is 1.50 bits per heavy atom. The maximum absolute atomic E-state index is 10.9. The number of primary amides is 1. The van der Waals surface area contributed by atoms with Gasteiger partial charge in [0.05, 0.1) is 6.10 Å². The van der Waals surface area contributed by atoms with Crippen LogP contribution >= 0.6 is 0 Å². The number of rotatable bonds is 16. The molecule has 0 spiro atoms. The minimum atomic E-state index is -2.61. The summed E-state index contributed by atoms with van der Waals surface area (Å²) >= 11 is 0. The topological polar surface area (TPSA) is 92.0 Å². The molecule has 0 heterocycles.